The number of hydrogen-bond acceptors (Lipinski definition) is 6. The molecule has 0 aliphatic rings. The van der Waals surface area contributed by atoms with Gasteiger partial charge in [0.2, 0.25) is 5.88 Å². The van der Waals surface area contributed by atoms with Crippen molar-refractivity contribution in [3.05, 3.63) is 36.9 Å². The van der Waals surface area contributed by atoms with E-state index in [0.29, 0.717) is 35.4 Å². The number of rotatable bonds is 5. The molecule has 3 rings (SSSR count). The van der Waals surface area contributed by atoms with Crippen LogP contribution in [0.25, 0.3) is 22.4 Å². The third-order valence-electron chi connectivity index (χ3n) is 2.97. The van der Waals surface area contributed by atoms with E-state index in [1.54, 1.807) is 6.08 Å². The highest BCUT2D eigenvalue weighted by molar-refractivity contribution is 7.80. The summed E-state index contributed by atoms with van der Waals surface area (Å²) in [5.41, 5.74) is 2.63. The van der Waals surface area contributed by atoms with Crippen molar-refractivity contribution in [3.8, 4) is 17.3 Å². The van der Waals surface area contributed by atoms with E-state index < -0.39 is 0 Å². The summed E-state index contributed by atoms with van der Waals surface area (Å²) >= 11 is 4.38. The van der Waals surface area contributed by atoms with Gasteiger partial charge in [0.25, 0.3) is 0 Å². The Labute approximate surface area is 133 Å². The van der Waals surface area contributed by atoms with Crippen molar-refractivity contribution in [2.24, 2.45) is 0 Å². The van der Waals surface area contributed by atoms with Gasteiger partial charge in [0.15, 0.2) is 11.4 Å². The number of hydrogen-bond donors (Lipinski definition) is 1. The largest absolute Gasteiger partial charge is 0.476 e. The number of ether oxygens (including phenoxy) is 1. The van der Waals surface area contributed by atoms with E-state index in [1.165, 1.54) is 4.80 Å². The van der Waals surface area contributed by atoms with E-state index in [0.717, 1.165) is 11.0 Å². The van der Waals surface area contributed by atoms with Gasteiger partial charge in [-0.2, -0.15) is 4.80 Å². The summed E-state index contributed by atoms with van der Waals surface area (Å²) in [5.74, 6) is 0.433. The molecule has 7 heteroatoms. The maximum atomic E-state index is 5.62. The highest BCUT2D eigenvalue weighted by Crippen LogP contribution is 2.30. The van der Waals surface area contributed by atoms with Crippen LogP contribution in [0.15, 0.2) is 41.9 Å². The predicted molar refractivity (Wildman–Crippen MR) is 87.2 cm³/mol. The second-order valence-corrected chi connectivity index (χ2v) is 4.94. The molecule has 0 spiro atoms. The topological polar surface area (TPSA) is 65.7 Å². The molecular formula is C15H15N5OS. The van der Waals surface area contributed by atoms with Crippen LogP contribution < -0.4 is 4.74 Å². The minimum absolute atomic E-state index is 0.433. The number of thiol groups is 1. The fourth-order valence-corrected chi connectivity index (χ4v) is 2.32. The molecule has 0 bridgehead atoms. The zero-order valence-corrected chi connectivity index (χ0v) is 13.0. The van der Waals surface area contributed by atoms with Crippen molar-refractivity contribution >= 4 is 23.7 Å². The maximum Gasteiger partial charge on any atom is 0.243 e. The molecule has 0 amide bonds. The molecule has 112 valence electrons. The lowest BCUT2D eigenvalue weighted by Crippen LogP contribution is -2.02. The fourth-order valence-electron chi connectivity index (χ4n) is 2.07. The van der Waals surface area contributed by atoms with Crippen molar-refractivity contribution < 1.29 is 4.74 Å². The van der Waals surface area contributed by atoms with Crippen LogP contribution in [-0.4, -0.2) is 31.6 Å². The molecule has 0 saturated carbocycles. The minimum Gasteiger partial charge on any atom is -0.476 e. The minimum atomic E-state index is 0.433. The van der Waals surface area contributed by atoms with Gasteiger partial charge in [-0.05, 0) is 19.1 Å². The second kappa shape index (κ2) is 6.15. The zero-order valence-electron chi connectivity index (χ0n) is 12.1. The Balaban J connectivity index is 2.19. The standard InChI is InChI=1S/C15H15N5OS/c1-3-9-20-18-13(15(22)19-20)12-14(21-4-2)17-11-8-6-5-7-10(11)16-12/h3,5-8H,1,4,9H2,2H3,(H,19,22). The highest BCUT2D eigenvalue weighted by Gasteiger charge is 2.19. The summed E-state index contributed by atoms with van der Waals surface area (Å²) in [4.78, 5) is 10.7. The average Bonchev–Trinajstić information content (AvgIpc) is 2.88. The summed E-state index contributed by atoms with van der Waals surface area (Å²) in [6, 6.07) is 7.62. The van der Waals surface area contributed by atoms with E-state index in [2.05, 4.69) is 39.4 Å². The first-order valence-electron chi connectivity index (χ1n) is 6.88. The smallest absolute Gasteiger partial charge is 0.243 e. The molecule has 0 aliphatic heterocycles. The summed E-state index contributed by atoms with van der Waals surface area (Å²) in [6.07, 6.45) is 1.71. The molecule has 3 aromatic rings. The number of benzene rings is 1. The molecule has 2 aromatic heterocycles. The van der Waals surface area contributed by atoms with Crippen molar-refractivity contribution in [2.45, 2.75) is 18.5 Å². The SMILES string of the molecule is C=CCn1nc(S)c(-c2nc3ccccc3nc2OCC)n1. The van der Waals surface area contributed by atoms with Gasteiger partial charge in [0, 0.05) is 0 Å². The maximum absolute atomic E-state index is 5.62. The van der Waals surface area contributed by atoms with Crippen LogP contribution in [0.4, 0.5) is 0 Å². The molecule has 0 N–H and O–H groups in total. The molecule has 0 saturated heterocycles. The third-order valence-corrected chi connectivity index (χ3v) is 3.27. The fraction of sp³-hybridized carbons (Fsp3) is 0.200. The first kappa shape index (κ1) is 14.5. The van der Waals surface area contributed by atoms with E-state index in [4.69, 9.17) is 4.74 Å². The van der Waals surface area contributed by atoms with E-state index in [1.807, 2.05) is 31.2 Å². The Morgan fingerprint density at radius 3 is 2.59 bits per heavy atom. The first-order valence-corrected chi connectivity index (χ1v) is 7.32. The number of para-hydroxylation sites is 2. The van der Waals surface area contributed by atoms with Crippen molar-refractivity contribution in [1.29, 1.82) is 0 Å². The molecule has 0 radical (unpaired) electrons. The summed E-state index contributed by atoms with van der Waals surface area (Å²) in [7, 11) is 0. The molecule has 2 heterocycles. The molecule has 0 unspecified atom stereocenters. The van der Waals surface area contributed by atoms with E-state index >= 15 is 0 Å². The second-order valence-electron chi connectivity index (χ2n) is 4.51. The molecule has 6 nitrogen and oxygen atoms in total. The van der Waals surface area contributed by atoms with Gasteiger partial charge in [-0.25, -0.2) is 9.97 Å². The van der Waals surface area contributed by atoms with Gasteiger partial charge in [-0.1, -0.05) is 18.2 Å². The number of aromatic nitrogens is 5. The van der Waals surface area contributed by atoms with Crippen LogP contribution in [-0.2, 0) is 6.54 Å². The lowest BCUT2D eigenvalue weighted by atomic mass is 10.2. The quantitative estimate of drug-likeness (QED) is 0.579. The van der Waals surface area contributed by atoms with Crippen molar-refractivity contribution in [1.82, 2.24) is 25.0 Å². The van der Waals surface area contributed by atoms with Gasteiger partial charge in [-0.3, -0.25) is 0 Å². The molecular weight excluding hydrogens is 298 g/mol. The van der Waals surface area contributed by atoms with Gasteiger partial charge in [0.05, 0.1) is 24.2 Å². The van der Waals surface area contributed by atoms with Crippen molar-refractivity contribution in [2.75, 3.05) is 6.61 Å². The summed E-state index contributed by atoms with van der Waals surface area (Å²) < 4.78 is 5.62. The van der Waals surface area contributed by atoms with Gasteiger partial charge >= 0.3 is 0 Å². The van der Waals surface area contributed by atoms with Crippen LogP contribution in [0, 0.1) is 0 Å². The van der Waals surface area contributed by atoms with E-state index in [9.17, 15) is 0 Å². The highest BCUT2D eigenvalue weighted by atomic mass is 32.1. The molecule has 22 heavy (non-hydrogen) atoms. The van der Waals surface area contributed by atoms with Gasteiger partial charge in [-0.15, -0.1) is 29.4 Å². The Kier molecular flexibility index (Phi) is 4.06. The van der Waals surface area contributed by atoms with E-state index in [-0.39, 0.29) is 0 Å². The third kappa shape index (κ3) is 2.67. The summed E-state index contributed by atoms with van der Waals surface area (Å²) in [5, 5.41) is 9.11. The number of fused-ring (bicyclic) bond motifs is 1. The Morgan fingerprint density at radius 1 is 1.18 bits per heavy atom. The lowest BCUT2D eigenvalue weighted by Gasteiger charge is -2.08. The predicted octanol–water partition coefficient (Wildman–Crippen LogP) is 2.76. The van der Waals surface area contributed by atoms with Crippen LogP contribution in [0.1, 0.15) is 6.92 Å². The molecule has 0 aliphatic carbocycles. The monoisotopic (exact) mass is 313 g/mol. The first-order chi connectivity index (χ1) is 10.7. The summed E-state index contributed by atoms with van der Waals surface area (Å²) in [6.45, 7) is 6.56. The Bertz CT molecular complexity index is 830. The van der Waals surface area contributed by atoms with Crippen LogP contribution in [0.3, 0.4) is 0 Å². The van der Waals surface area contributed by atoms with Crippen LogP contribution in [0.2, 0.25) is 0 Å². The van der Waals surface area contributed by atoms with Crippen LogP contribution in [0.5, 0.6) is 5.88 Å². The van der Waals surface area contributed by atoms with Gasteiger partial charge in [0.1, 0.15) is 5.03 Å². The number of allylic oxidation sites excluding steroid dienone is 1. The Hall–Kier alpha value is -2.41. The van der Waals surface area contributed by atoms with Crippen molar-refractivity contribution in [3.63, 3.8) is 0 Å². The molecule has 0 atom stereocenters. The average molecular weight is 313 g/mol. The lowest BCUT2D eigenvalue weighted by molar-refractivity contribution is 0.328. The molecule has 0 fully saturated rings. The van der Waals surface area contributed by atoms with Gasteiger partial charge < -0.3 is 4.74 Å². The van der Waals surface area contributed by atoms with Crippen LogP contribution >= 0.6 is 12.6 Å². The molecule has 1 aromatic carbocycles. The number of nitrogens with zero attached hydrogens (tertiary/aromatic N) is 5. The normalized spacial score (nSPS) is 10.8. The zero-order chi connectivity index (χ0) is 15.5. The Morgan fingerprint density at radius 2 is 1.91 bits per heavy atom.